The summed E-state index contributed by atoms with van der Waals surface area (Å²) in [6, 6.07) is 11.0. The molecule has 0 aliphatic heterocycles. The van der Waals surface area contributed by atoms with Crippen LogP contribution in [0.4, 0.5) is 0 Å². The average molecular weight is 339 g/mol. The molecule has 4 rings (SSSR count). The summed E-state index contributed by atoms with van der Waals surface area (Å²) in [6.45, 7) is 0.560. The Bertz CT molecular complexity index is 1020. The van der Waals surface area contributed by atoms with Gasteiger partial charge >= 0.3 is 0 Å². The third-order valence-corrected chi connectivity index (χ3v) is 4.48. The van der Waals surface area contributed by atoms with E-state index < -0.39 is 0 Å². The Morgan fingerprint density at radius 1 is 1.21 bits per heavy atom. The van der Waals surface area contributed by atoms with Gasteiger partial charge in [-0.3, -0.25) is 4.79 Å². The van der Waals surface area contributed by atoms with E-state index in [-0.39, 0.29) is 5.56 Å². The van der Waals surface area contributed by atoms with Gasteiger partial charge in [0.05, 0.1) is 29.5 Å². The second kappa shape index (κ2) is 6.32. The van der Waals surface area contributed by atoms with Gasteiger partial charge in [0.2, 0.25) is 0 Å². The number of fused-ring (bicyclic) bond motifs is 1. The van der Waals surface area contributed by atoms with Crippen molar-refractivity contribution in [3.05, 3.63) is 70.9 Å². The molecule has 3 aromatic heterocycles. The molecule has 24 heavy (non-hydrogen) atoms. The zero-order chi connectivity index (χ0) is 16.4. The molecule has 8 heteroatoms. The summed E-state index contributed by atoms with van der Waals surface area (Å²) in [5.41, 5.74) is 0.558. The van der Waals surface area contributed by atoms with Crippen LogP contribution in [0, 0.1) is 0 Å². The third-order valence-electron chi connectivity index (χ3n) is 3.49. The second-order valence-corrected chi connectivity index (χ2v) is 6.08. The fourth-order valence-corrected chi connectivity index (χ4v) is 3.16. The minimum atomic E-state index is -0.131. The van der Waals surface area contributed by atoms with Gasteiger partial charge in [-0.05, 0) is 24.3 Å². The SMILES string of the molecule is O=c1[nH]c(CSc2nncn2Cc2ccco2)nc2ccccc12. The van der Waals surface area contributed by atoms with Crippen molar-refractivity contribution in [3.8, 4) is 0 Å². The fraction of sp³-hybridized carbons (Fsp3) is 0.125. The van der Waals surface area contributed by atoms with Gasteiger partial charge in [0.1, 0.15) is 17.9 Å². The molecule has 0 spiro atoms. The molecule has 0 radical (unpaired) electrons. The summed E-state index contributed by atoms with van der Waals surface area (Å²) in [5, 5.41) is 9.38. The minimum absolute atomic E-state index is 0.131. The number of rotatable bonds is 5. The first-order valence-electron chi connectivity index (χ1n) is 7.30. The number of hydrogen-bond donors (Lipinski definition) is 1. The molecule has 0 saturated carbocycles. The van der Waals surface area contributed by atoms with Gasteiger partial charge < -0.3 is 14.0 Å². The molecule has 0 aliphatic carbocycles. The highest BCUT2D eigenvalue weighted by Gasteiger charge is 2.09. The summed E-state index contributed by atoms with van der Waals surface area (Å²) in [4.78, 5) is 19.4. The number of thioether (sulfide) groups is 1. The molecular formula is C16H13N5O2S. The number of aromatic amines is 1. The largest absolute Gasteiger partial charge is 0.467 e. The van der Waals surface area contributed by atoms with E-state index in [0.29, 0.717) is 29.0 Å². The van der Waals surface area contributed by atoms with Gasteiger partial charge in [0.25, 0.3) is 5.56 Å². The summed E-state index contributed by atoms with van der Waals surface area (Å²) in [5.74, 6) is 1.93. The number of furan rings is 1. The maximum atomic E-state index is 12.1. The van der Waals surface area contributed by atoms with Crippen LogP contribution in [-0.2, 0) is 12.3 Å². The van der Waals surface area contributed by atoms with Crippen molar-refractivity contribution in [3.63, 3.8) is 0 Å². The molecule has 1 aromatic carbocycles. The minimum Gasteiger partial charge on any atom is -0.467 e. The molecule has 0 unspecified atom stereocenters. The van der Waals surface area contributed by atoms with Crippen LogP contribution in [0.3, 0.4) is 0 Å². The molecule has 3 heterocycles. The number of nitrogens with zero attached hydrogens (tertiary/aromatic N) is 4. The first kappa shape index (κ1) is 14.7. The van der Waals surface area contributed by atoms with Crippen LogP contribution in [0.5, 0.6) is 0 Å². The van der Waals surface area contributed by atoms with Crippen LogP contribution < -0.4 is 5.56 Å². The highest BCUT2D eigenvalue weighted by atomic mass is 32.2. The van der Waals surface area contributed by atoms with Crippen molar-refractivity contribution in [2.24, 2.45) is 0 Å². The van der Waals surface area contributed by atoms with Crippen molar-refractivity contribution >= 4 is 22.7 Å². The topological polar surface area (TPSA) is 89.6 Å². The van der Waals surface area contributed by atoms with E-state index in [1.165, 1.54) is 11.8 Å². The number of para-hydroxylation sites is 1. The molecule has 0 aliphatic rings. The van der Waals surface area contributed by atoms with E-state index >= 15 is 0 Å². The van der Waals surface area contributed by atoms with Crippen LogP contribution in [-0.4, -0.2) is 24.7 Å². The Morgan fingerprint density at radius 3 is 3.00 bits per heavy atom. The third kappa shape index (κ3) is 2.95. The lowest BCUT2D eigenvalue weighted by Gasteiger charge is -2.05. The molecule has 0 fully saturated rings. The van der Waals surface area contributed by atoms with Gasteiger partial charge in [0.15, 0.2) is 5.16 Å². The predicted molar refractivity (Wildman–Crippen MR) is 89.8 cm³/mol. The Morgan fingerprint density at radius 2 is 2.12 bits per heavy atom. The van der Waals surface area contributed by atoms with Gasteiger partial charge in [-0.1, -0.05) is 23.9 Å². The van der Waals surface area contributed by atoms with E-state index in [4.69, 9.17) is 4.42 Å². The number of hydrogen-bond acceptors (Lipinski definition) is 6. The summed E-state index contributed by atoms with van der Waals surface area (Å²) >= 11 is 1.46. The molecule has 0 amide bonds. The maximum absolute atomic E-state index is 12.1. The van der Waals surface area contributed by atoms with Gasteiger partial charge in [-0.15, -0.1) is 10.2 Å². The van der Waals surface area contributed by atoms with Crippen molar-refractivity contribution in [2.75, 3.05) is 0 Å². The number of aromatic nitrogens is 5. The number of nitrogens with one attached hydrogen (secondary N) is 1. The van der Waals surface area contributed by atoms with Crippen molar-refractivity contribution in [2.45, 2.75) is 17.5 Å². The van der Waals surface area contributed by atoms with Crippen LogP contribution in [0.15, 0.2) is 63.4 Å². The van der Waals surface area contributed by atoms with Crippen LogP contribution >= 0.6 is 11.8 Å². The number of H-pyrrole nitrogens is 1. The first-order valence-corrected chi connectivity index (χ1v) is 8.29. The Balaban J connectivity index is 1.53. The quantitative estimate of drug-likeness (QED) is 0.562. The van der Waals surface area contributed by atoms with Crippen molar-refractivity contribution in [1.29, 1.82) is 0 Å². The van der Waals surface area contributed by atoms with E-state index in [1.807, 2.05) is 34.9 Å². The normalized spacial score (nSPS) is 11.2. The second-order valence-electron chi connectivity index (χ2n) is 5.14. The van der Waals surface area contributed by atoms with Crippen LogP contribution in [0.1, 0.15) is 11.6 Å². The number of benzene rings is 1. The standard InChI is InChI=1S/C16H13N5O2S/c22-15-12-5-1-2-6-13(12)18-14(19-15)9-24-16-20-17-10-21(16)8-11-4-3-7-23-11/h1-7,10H,8-9H2,(H,18,19,22). The van der Waals surface area contributed by atoms with Crippen molar-refractivity contribution in [1.82, 2.24) is 24.7 Å². The molecule has 120 valence electrons. The van der Waals surface area contributed by atoms with Gasteiger partial charge in [0, 0.05) is 0 Å². The van der Waals surface area contributed by atoms with E-state index in [1.54, 1.807) is 18.7 Å². The lowest BCUT2D eigenvalue weighted by Crippen LogP contribution is -2.11. The molecule has 0 atom stereocenters. The molecular weight excluding hydrogens is 326 g/mol. The smallest absolute Gasteiger partial charge is 0.258 e. The lowest BCUT2D eigenvalue weighted by atomic mass is 10.2. The lowest BCUT2D eigenvalue weighted by molar-refractivity contribution is 0.484. The molecule has 7 nitrogen and oxygen atoms in total. The summed E-state index contributed by atoms with van der Waals surface area (Å²) in [7, 11) is 0. The van der Waals surface area contributed by atoms with Gasteiger partial charge in [-0.25, -0.2) is 4.98 Å². The van der Waals surface area contributed by atoms with Gasteiger partial charge in [-0.2, -0.15) is 0 Å². The predicted octanol–water partition coefficient (Wildman–Crippen LogP) is 2.45. The first-order chi connectivity index (χ1) is 11.8. The highest BCUT2D eigenvalue weighted by molar-refractivity contribution is 7.98. The monoisotopic (exact) mass is 339 g/mol. The molecule has 4 aromatic rings. The zero-order valence-corrected chi connectivity index (χ0v) is 13.4. The zero-order valence-electron chi connectivity index (χ0n) is 12.5. The van der Waals surface area contributed by atoms with Crippen LogP contribution in [0.25, 0.3) is 10.9 Å². The van der Waals surface area contributed by atoms with E-state index in [2.05, 4.69) is 20.2 Å². The summed E-state index contributed by atoms with van der Waals surface area (Å²) < 4.78 is 7.23. The van der Waals surface area contributed by atoms with E-state index in [9.17, 15) is 4.79 Å². The Kier molecular flexibility index (Phi) is 3.87. The fourth-order valence-electron chi connectivity index (χ4n) is 2.37. The Labute approximate surface area is 140 Å². The van der Waals surface area contributed by atoms with E-state index in [0.717, 1.165) is 10.9 Å². The van der Waals surface area contributed by atoms with Crippen molar-refractivity contribution < 1.29 is 4.42 Å². The maximum Gasteiger partial charge on any atom is 0.258 e. The molecule has 0 saturated heterocycles. The average Bonchev–Trinajstić information content (AvgIpc) is 3.25. The summed E-state index contributed by atoms with van der Waals surface area (Å²) in [6.07, 6.45) is 3.29. The molecule has 0 bridgehead atoms. The Hall–Kier alpha value is -2.87. The highest BCUT2D eigenvalue weighted by Crippen LogP contribution is 2.20. The van der Waals surface area contributed by atoms with Crippen LogP contribution in [0.2, 0.25) is 0 Å². The molecule has 1 N–H and O–H groups in total.